The van der Waals surface area contributed by atoms with Gasteiger partial charge in [-0.25, -0.2) is 9.78 Å². The number of imidazole rings is 1. The van der Waals surface area contributed by atoms with Gasteiger partial charge in [0.05, 0.1) is 18.6 Å². The lowest BCUT2D eigenvalue weighted by molar-refractivity contribution is -0.143. The summed E-state index contributed by atoms with van der Waals surface area (Å²) in [5.41, 5.74) is 1.64. The van der Waals surface area contributed by atoms with Crippen LogP contribution in [0, 0.1) is 0 Å². The minimum absolute atomic E-state index is 0.246. The molecule has 0 saturated carbocycles. The number of nitrogens with zero attached hydrogens (tertiary/aromatic N) is 2. The summed E-state index contributed by atoms with van der Waals surface area (Å²) in [6.45, 7) is 7.83. The first kappa shape index (κ1) is 28.6. The highest BCUT2D eigenvalue weighted by molar-refractivity contribution is 5.69. The van der Waals surface area contributed by atoms with Crippen LogP contribution in [0.3, 0.4) is 0 Å². The number of hydrogen-bond donors (Lipinski definition) is 3. The van der Waals surface area contributed by atoms with E-state index in [0.29, 0.717) is 48.7 Å². The predicted molar refractivity (Wildman–Crippen MR) is 145 cm³/mol. The van der Waals surface area contributed by atoms with Crippen molar-refractivity contribution in [2.24, 2.45) is 0 Å². The van der Waals surface area contributed by atoms with Crippen LogP contribution < -0.4 is 14.8 Å². The van der Waals surface area contributed by atoms with Gasteiger partial charge in [0, 0.05) is 25.6 Å². The molecule has 1 amide bonds. The van der Waals surface area contributed by atoms with Crippen molar-refractivity contribution in [1.82, 2.24) is 14.9 Å². The van der Waals surface area contributed by atoms with Crippen LogP contribution in [0.25, 0.3) is 0 Å². The lowest BCUT2D eigenvalue weighted by Crippen LogP contribution is -2.33. The molecule has 2 unspecified atom stereocenters. The van der Waals surface area contributed by atoms with Gasteiger partial charge in [-0.15, -0.1) is 0 Å². The molecule has 11 heteroatoms. The first-order chi connectivity index (χ1) is 19.0. The summed E-state index contributed by atoms with van der Waals surface area (Å²) >= 11 is 0. The van der Waals surface area contributed by atoms with Gasteiger partial charge in [-0.1, -0.05) is 12.1 Å². The molecule has 40 heavy (non-hydrogen) atoms. The fourth-order valence-corrected chi connectivity index (χ4v) is 4.24. The molecule has 1 aromatic heterocycles. The van der Waals surface area contributed by atoms with Gasteiger partial charge in [0.2, 0.25) is 0 Å². The van der Waals surface area contributed by atoms with Crippen molar-refractivity contribution in [2.75, 3.05) is 13.2 Å². The minimum Gasteiger partial charge on any atom is -0.504 e. The molecule has 3 N–H and O–H groups in total. The van der Waals surface area contributed by atoms with E-state index in [0.717, 1.165) is 5.56 Å². The smallest absolute Gasteiger partial charge is 0.407 e. The average molecular weight is 554 g/mol. The molecule has 3 aromatic rings. The number of alkyl carbamates (subject to hydrolysis) is 1. The first-order valence-corrected chi connectivity index (χ1v) is 13.2. The molecule has 2 atom stereocenters. The van der Waals surface area contributed by atoms with Crippen LogP contribution in [-0.4, -0.2) is 56.9 Å². The van der Waals surface area contributed by atoms with Crippen LogP contribution in [0.15, 0.2) is 48.9 Å². The van der Waals surface area contributed by atoms with E-state index in [9.17, 15) is 19.8 Å². The lowest BCUT2D eigenvalue weighted by Gasteiger charge is -2.24. The lowest BCUT2D eigenvalue weighted by atomic mass is 10.1. The molecule has 214 valence electrons. The van der Waals surface area contributed by atoms with Gasteiger partial charge < -0.3 is 39.0 Å². The van der Waals surface area contributed by atoms with Gasteiger partial charge in [-0.3, -0.25) is 4.79 Å². The summed E-state index contributed by atoms with van der Waals surface area (Å²) in [7, 11) is 0. The number of ether oxygens (including phenoxy) is 4. The van der Waals surface area contributed by atoms with Crippen molar-refractivity contribution < 1.29 is 38.7 Å². The molecule has 0 spiro atoms. The maximum absolute atomic E-state index is 12.0. The molecule has 0 aliphatic carbocycles. The topological polar surface area (TPSA) is 141 Å². The fraction of sp³-hybridized carbons (Fsp3) is 0.414. The number of fused-ring (bicyclic) bond motifs is 1. The van der Waals surface area contributed by atoms with Crippen LogP contribution in [-0.2, 0) is 27.1 Å². The van der Waals surface area contributed by atoms with E-state index in [2.05, 4.69) is 10.3 Å². The van der Waals surface area contributed by atoms with E-state index in [-0.39, 0.29) is 23.9 Å². The molecule has 2 aromatic carbocycles. The highest BCUT2D eigenvalue weighted by Gasteiger charge is 2.35. The number of aromatic nitrogens is 2. The summed E-state index contributed by atoms with van der Waals surface area (Å²) in [6, 6.07) is 9.44. The van der Waals surface area contributed by atoms with Gasteiger partial charge in [0.1, 0.15) is 11.6 Å². The van der Waals surface area contributed by atoms with Crippen molar-refractivity contribution in [3.05, 3.63) is 65.7 Å². The van der Waals surface area contributed by atoms with Crippen LogP contribution in [0.4, 0.5) is 4.79 Å². The standard InChI is InChI=1S/C29H35N3O8/c1-5-37-25(35)11-7-18-6-10-23-24(14-18)39-27(38-23)26(19-8-9-21(33)22(34)15-19)32-16-20(31-17-32)12-13-30-28(36)40-29(2,3)4/h6,8-10,14-17,26-27,33-34H,5,7,11-13H2,1-4H3,(H,30,36). The maximum Gasteiger partial charge on any atom is 0.407 e. The predicted octanol–water partition coefficient (Wildman–Crippen LogP) is 4.24. The van der Waals surface area contributed by atoms with Gasteiger partial charge in [0.15, 0.2) is 23.0 Å². The molecule has 11 nitrogen and oxygen atoms in total. The summed E-state index contributed by atoms with van der Waals surface area (Å²) in [6.07, 6.45) is 3.32. The number of benzene rings is 2. The quantitative estimate of drug-likeness (QED) is 0.248. The Morgan fingerprint density at radius 2 is 1.85 bits per heavy atom. The van der Waals surface area contributed by atoms with E-state index < -0.39 is 24.0 Å². The molecular weight excluding hydrogens is 518 g/mol. The molecule has 0 saturated heterocycles. The van der Waals surface area contributed by atoms with Crippen LogP contribution in [0.5, 0.6) is 23.0 Å². The Morgan fingerprint density at radius 3 is 2.58 bits per heavy atom. The molecule has 0 fully saturated rings. The van der Waals surface area contributed by atoms with Crippen LogP contribution in [0.1, 0.15) is 57.0 Å². The maximum atomic E-state index is 12.0. The van der Waals surface area contributed by atoms with Crippen molar-refractivity contribution >= 4 is 12.1 Å². The Hall–Kier alpha value is -4.41. The second kappa shape index (κ2) is 12.2. The van der Waals surface area contributed by atoms with E-state index >= 15 is 0 Å². The zero-order valence-corrected chi connectivity index (χ0v) is 23.0. The number of phenolic OH excluding ortho intramolecular Hbond substituents is 2. The normalized spacial score (nSPS) is 14.9. The number of carbonyl (C=O) groups is 2. The second-order valence-electron chi connectivity index (χ2n) is 10.4. The van der Waals surface area contributed by atoms with E-state index in [4.69, 9.17) is 18.9 Å². The van der Waals surface area contributed by atoms with E-state index in [1.807, 2.05) is 18.3 Å². The van der Waals surface area contributed by atoms with E-state index in [1.165, 1.54) is 12.1 Å². The monoisotopic (exact) mass is 553 g/mol. The summed E-state index contributed by atoms with van der Waals surface area (Å²) in [4.78, 5) is 28.2. The number of aromatic hydroxyl groups is 2. The number of nitrogens with one attached hydrogen (secondary N) is 1. The third-order valence-corrected chi connectivity index (χ3v) is 6.04. The Bertz CT molecular complexity index is 1350. The Kier molecular flexibility index (Phi) is 8.71. The van der Waals surface area contributed by atoms with Crippen LogP contribution >= 0.6 is 0 Å². The van der Waals surface area contributed by atoms with Crippen molar-refractivity contribution in [1.29, 1.82) is 0 Å². The third-order valence-electron chi connectivity index (χ3n) is 6.04. The highest BCUT2D eigenvalue weighted by atomic mass is 16.7. The average Bonchev–Trinajstić information content (AvgIpc) is 3.51. The molecule has 0 bridgehead atoms. The Balaban J connectivity index is 1.50. The van der Waals surface area contributed by atoms with Crippen molar-refractivity contribution in [3.8, 4) is 23.0 Å². The molecule has 1 aliphatic heterocycles. The first-order valence-electron chi connectivity index (χ1n) is 13.2. The summed E-state index contributed by atoms with van der Waals surface area (Å²) < 4.78 is 24.4. The molecule has 4 rings (SSSR count). The van der Waals surface area contributed by atoms with Gasteiger partial charge in [-0.05, 0) is 69.5 Å². The van der Waals surface area contributed by atoms with E-state index in [1.54, 1.807) is 50.7 Å². The summed E-state index contributed by atoms with van der Waals surface area (Å²) in [5.74, 6) is 0.287. The highest BCUT2D eigenvalue weighted by Crippen LogP contribution is 2.41. The molecule has 1 aliphatic rings. The van der Waals surface area contributed by atoms with Gasteiger partial charge >= 0.3 is 12.1 Å². The second-order valence-corrected chi connectivity index (χ2v) is 10.4. The number of rotatable bonds is 10. The largest absolute Gasteiger partial charge is 0.504 e. The number of aryl methyl sites for hydroxylation is 1. The minimum atomic E-state index is -0.818. The number of esters is 1. The van der Waals surface area contributed by atoms with Crippen molar-refractivity contribution in [3.63, 3.8) is 0 Å². The zero-order valence-electron chi connectivity index (χ0n) is 23.0. The number of hydrogen-bond acceptors (Lipinski definition) is 9. The number of carbonyl (C=O) groups excluding carboxylic acids is 2. The Morgan fingerprint density at radius 1 is 1.07 bits per heavy atom. The van der Waals surface area contributed by atoms with Crippen molar-refractivity contribution in [2.45, 2.75) is 64.9 Å². The molecule has 0 radical (unpaired) electrons. The Labute approximate surface area is 232 Å². The summed E-state index contributed by atoms with van der Waals surface area (Å²) in [5, 5.41) is 22.8. The SMILES string of the molecule is CCOC(=O)CCc1ccc2c(c1)OC(C(c1ccc(O)c(O)c1)n1cnc(CCNC(=O)OC(C)(C)C)c1)O2. The van der Waals surface area contributed by atoms with Crippen LogP contribution in [0.2, 0.25) is 0 Å². The van der Waals surface area contributed by atoms with Gasteiger partial charge in [0.25, 0.3) is 6.29 Å². The number of amides is 1. The zero-order chi connectivity index (χ0) is 28.9. The fourth-order valence-electron chi connectivity index (χ4n) is 4.24. The molecular formula is C29H35N3O8. The molecule has 2 heterocycles. The number of phenols is 2. The van der Waals surface area contributed by atoms with Gasteiger partial charge in [-0.2, -0.15) is 0 Å². The third kappa shape index (κ3) is 7.37.